The zero-order valence-electron chi connectivity index (χ0n) is 11.6. The second-order valence-electron chi connectivity index (χ2n) is 5.31. The van der Waals surface area contributed by atoms with Gasteiger partial charge in [0.25, 0.3) is 0 Å². The number of guanidine groups is 1. The molecule has 1 aliphatic rings. The zero-order valence-corrected chi connectivity index (χ0v) is 13.2. The van der Waals surface area contributed by atoms with Gasteiger partial charge in [0.1, 0.15) is 0 Å². The van der Waals surface area contributed by atoms with E-state index in [2.05, 4.69) is 49.1 Å². The summed E-state index contributed by atoms with van der Waals surface area (Å²) in [4.78, 5) is 9.87. The average molecular weight is 335 g/mol. The van der Waals surface area contributed by atoms with E-state index < -0.39 is 0 Å². The molecular weight excluding hydrogens is 316 g/mol. The van der Waals surface area contributed by atoms with Crippen molar-refractivity contribution in [3.63, 3.8) is 0 Å². The number of nitrogens with zero attached hydrogens (tertiary/aromatic N) is 2. The van der Waals surface area contributed by atoms with E-state index >= 15 is 0 Å². The molecule has 3 N–H and O–H groups in total. The van der Waals surface area contributed by atoms with E-state index in [1.807, 2.05) is 13.1 Å². The molecule has 0 bridgehead atoms. The van der Waals surface area contributed by atoms with Gasteiger partial charge in [0.05, 0.1) is 0 Å². The van der Waals surface area contributed by atoms with Gasteiger partial charge < -0.3 is 15.6 Å². The molecule has 5 heteroatoms. The second kappa shape index (κ2) is 5.48. The molecule has 20 heavy (non-hydrogen) atoms. The van der Waals surface area contributed by atoms with Crippen LogP contribution in [0, 0.1) is 0 Å². The van der Waals surface area contributed by atoms with E-state index in [0.29, 0.717) is 12.0 Å². The van der Waals surface area contributed by atoms with E-state index in [9.17, 15) is 0 Å². The van der Waals surface area contributed by atoms with Crippen LogP contribution in [0.25, 0.3) is 10.9 Å². The third-order valence-electron chi connectivity index (χ3n) is 3.85. The van der Waals surface area contributed by atoms with Crippen molar-refractivity contribution < 1.29 is 0 Å². The van der Waals surface area contributed by atoms with Crippen molar-refractivity contribution in [1.29, 1.82) is 0 Å². The molecule has 0 aliphatic heterocycles. The lowest BCUT2D eigenvalue weighted by Gasteiger charge is -2.16. The first-order valence-electron chi connectivity index (χ1n) is 6.94. The fourth-order valence-corrected chi connectivity index (χ4v) is 3.08. The maximum atomic E-state index is 6.00. The highest BCUT2D eigenvalue weighted by Crippen LogP contribution is 2.27. The van der Waals surface area contributed by atoms with E-state index in [-0.39, 0.29) is 0 Å². The summed E-state index contributed by atoms with van der Waals surface area (Å²) >= 11 is 3.61. The van der Waals surface area contributed by atoms with Crippen LogP contribution >= 0.6 is 15.9 Å². The van der Waals surface area contributed by atoms with Crippen molar-refractivity contribution in [2.45, 2.75) is 25.3 Å². The number of nitrogens with two attached hydrogens (primary N) is 1. The van der Waals surface area contributed by atoms with Crippen LogP contribution in [0.5, 0.6) is 0 Å². The first-order valence-corrected chi connectivity index (χ1v) is 7.73. The van der Waals surface area contributed by atoms with Crippen molar-refractivity contribution in [3.8, 4) is 0 Å². The third-order valence-corrected chi connectivity index (χ3v) is 4.51. The smallest absolute Gasteiger partial charge is 0.191 e. The van der Waals surface area contributed by atoms with Gasteiger partial charge in [0.15, 0.2) is 5.96 Å². The van der Waals surface area contributed by atoms with Crippen LogP contribution in [0.1, 0.15) is 18.4 Å². The molecule has 1 fully saturated rings. The molecule has 1 aromatic carbocycles. The van der Waals surface area contributed by atoms with Gasteiger partial charge in [-0.2, -0.15) is 0 Å². The standard InChI is InChI=1S/C15H19BrN4/c1-20(11-5-6-11)15(17)18-8-7-10-9-19-13-4-2-3-12(16)14(10)13/h2-4,9,11,19H,5-8H2,1H3,(H2,17,18). The van der Waals surface area contributed by atoms with E-state index in [1.165, 1.54) is 23.8 Å². The molecular formula is C15H19BrN4. The number of halogens is 1. The predicted octanol–water partition coefficient (Wildman–Crippen LogP) is 2.88. The lowest BCUT2D eigenvalue weighted by atomic mass is 10.1. The van der Waals surface area contributed by atoms with Crippen LogP contribution in [0.4, 0.5) is 0 Å². The molecule has 0 unspecified atom stereocenters. The molecule has 1 heterocycles. The Bertz CT molecular complexity index is 642. The minimum atomic E-state index is 0.612. The van der Waals surface area contributed by atoms with Gasteiger partial charge in [0, 0.05) is 41.2 Å². The quantitative estimate of drug-likeness (QED) is 0.667. The molecule has 106 valence electrons. The topological polar surface area (TPSA) is 57.4 Å². The number of fused-ring (bicyclic) bond motifs is 1. The highest BCUT2D eigenvalue weighted by atomic mass is 79.9. The molecule has 4 nitrogen and oxygen atoms in total. The zero-order chi connectivity index (χ0) is 14.1. The van der Waals surface area contributed by atoms with Gasteiger partial charge in [-0.05, 0) is 37.0 Å². The largest absolute Gasteiger partial charge is 0.370 e. The fourth-order valence-electron chi connectivity index (χ4n) is 2.46. The summed E-state index contributed by atoms with van der Waals surface area (Å²) in [6.07, 6.45) is 5.43. The first-order chi connectivity index (χ1) is 9.66. The van der Waals surface area contributed by atoms with E-state index in [0.717, 1.165) is 23.0 Å². The molecule has 0 amide bonds. The Morgan fingerprint density at radius 3 is 3.05 bits per heavy atom. The second-order valence-corrected chi connectivity index (χ2v) is 6.16. The maximum absolute atomic E-state index is 6.00. The minimum Gasteiger partial charge on any atom is -0.370 e. The molecule has 0 radical (unpaired) electrons. The highest BCUT2D eigenvalue weighted by molar-refractivity contribution is 9.10. The van der Waals surface area contributed by atoms with Crippen LogP contribution in [-0.4, -0.2) is 35.5 Å². The monoisotopic (exact) mass is 334 g/mol. The Kier molecular flexibility index (Phi) is 3.70. The van der Waals surface area contributed by atoms with Crippen molar-refractivity contribution in [2.75, 3.05) is 13.6 Å². The van der Waals surface area contributed by atoms with Crippen molar-refractivity contribution in [1.82, 2.24) is 9.88 Å². The Balaban J connectivity index is 1.69. The lowest BCUT2D eigenvalue weighted by Crippen LogP contribution is -2.35. The number of hydrogen-bond acceptors (Lipinski definition) is 1. The molecule has 3 rings (SSSR count). The summed E-state index contributed by atoms with van der Waals surface area (Å²) in [7, 11) is 2.03. The summed E-state index contributed by atoms with van der Waals surface area (Å²) in [5, 5.41) is 1.25. The van der Waals surface area contributed by atoms with Gasteiger partial charge >= 0.3 is 0 Å². The number of H-pyrrole nitrogens is 1. The van der Waals surface area contributed by atoms with Crippen molar-refractivity contribution in [2.24, 2.45) is 10.7 Å². The van der Waals surface area contributed by atoms with E-state index in [1.54, 1.807) is 0 Å². The van der Waals surface area contributed by atoms with Crippen LogP contribution in [0.15, 0.2) is 33.9 Å². The van der Waals surface area contributed by atoms with Gasteiger partial charge in [-0.15, -0.1) is 0 Å². The Morgan fingerprint density at radius 1 is 1.50 bits per heavy atom. The molecule has 0 atom stereocenters. The molecule has 1 aliphatic carbocycles. The number of aromatic amines is 1. The van der Waals surface area contributed by atoms with Gasteiger partial charge in [-0.3, -0.25) is 4.99 Å². The number of hydrogen-bond donors (Lipinski definition) is 2. The fraction of sp³-hybridized carbons (Fsp3) is 0.400. The summed E-state index contributed by atoms with van der Waals surface area (Å²) in [5.41, 5.74) is 8.43. The third kappa shape index (κ3) is 2.68. The maximum Gasteiger partial charge on any atom is 0.191 e. The molecule has 1 saturated carbocycles. The number of aliphatic imine (C=N–C) groups is 1. The SMILES string of the molecule is CN(C(N)=NCCc1c[nH]c2cccc(Br)c12)C1CC1. The Labute approximate surface area is 127 Å². The van der Waals surface area contributed by atoms with Crippen molar-refractivity contribution >= 4 is 32.8 Å². The van der Waals surface area contributed by atoms with Gasteiger partial charge in [-0.1, -0.05) is 22.0 Å². The van der Waals surface area contributed by atoms with Crippen LogP contribution in [-0.2, 0) is 6.42 Å². The molecule has 0 saturated heterocycles. The summed E-state index contributed by atoms with van der Waals surface area (Å²) < 4.78 is 1.12. The summed E-state index contributed by atoms with van der Waals surface area (Å²) in [6, 6.07) is 6.80. The number of nitrogens with one attached hydrogen (secondary N) is 1. The Morgan fingerprint density at radius 2 is 2.30 bits per heavy atom. The van der Waals surface area contributed by atoms with Crippen LogP contribution in [0.2, 0.25) is 0 Å². The molecule has 1 aromatic heterocycles. The van der Waals surface area contributed by atoms with Crippen LogP contribution in [0.3, 0.4) is 0 Å². The van der Waals surface area contributed by atoms with E-state index in [4.69, 9.17) is 5.73 Å². The molecule has 0 spiro atoms. The van der Waals surface area contributed by atoms with Crippen LogP contribution < -0.4 is 5.73 Å². The molecule has 2 aromatic rings. The first kappa shape index (κ1) is 13.5. The summed E-state index contributed by atoms with van der Waals surface area (Å²) in [5.74, 6) is 0.659. The number of rotatable bonds is 4. The van der Waals surface area contributed by atoms with Gasteiger partial charge in [0.2, 0.25) is 0 Å². The highest BCUT2D eigenvalue weighted by Gasteiger charge is 2.27. The predicted molar refractivity (Wildman–Crippen MR) is 87.0 cm³/mol. The lowest BCUT2D eigenvalue weighted by molar-refractivity contribution is 0.487. The normalized spacial score (nSPS) is 15.8. The van der Waals surface area contributed by atoms with Gasteiger partial charge in [-0.25, -0.2) is 0 Å². The average Bonchev–Trinajstić information content (AvgIpc) is 3.20. The number of benzene rings is 1. The summed E-state index contributed by atoms with van der Waals surface area (Å²) in [6.45, 7) is 0.719. The minimum absolute atomic E-state index is 0.612. The number of aromatic nitrogens is 1. The van der Waals surface area contributed by atoms with Crippen molar-refractivity contribution in [3.05, 3.63) is 34.4 Å². The Hall–Kier alpha value is -1.49.